The van der Waals surface area contributed by atoms with E-state index in [0.29, 0.717) is 24.1 Å². The van der Waals surface area contributed by atoms with Gasteiger partial charge in [-0.05, 0) is 30.8 Å². The van der Waals surface area contributed by atoms with Gasteiger partial charge in [0.1, 0.15) is 6.04 Å². The van der Waals surface area contributed by atoms with Crippen LogP contribution in [0, 0.1) is 5.92 Å². The lowest BCUT2D eigenvalue weighted by atomic mass is 10.2. The fourth-order valence-electron chi connectivity index (χ4n) is 2.24. The Morgan fingerprint density at radius 3 is 2.90 bits per heavy atom. The molecule has 1 aromatic heterocycles. The van der Waals surface area contributed by atoms with Gasteiger partial charge in [0.05, 0.1) is 0 Å². The van der Waals surface area contributed by atoms with Crippen LogP contribution in [0.5, 0.6) is 0 Å². The quantitative estimate of drug-likeness (QED) is 0.607. The third-order valence-corrected chi connectivity index (χ3v) is 4.25. The Bertz CT molecular complexity index is 518. The van der Waals surface area contributed by atoms with Crippen molar-refractivity contribution >= 4 is 29.5 Å². The molecule has 2 rings (SSSR count). The minimum absolute atomic E-state index is 0.301. The molecule has 1 aromatic rings. The third-order valence-electron chi connectivity index (χ3n) is 3.60. The number of carbonyl (C=O) groups excluding carboxylic acids is 2. The van der Waals surface area contributed by atoms with Crippen LogP contribution in [0.3, 0.4) is 0 Å². The topological polar surface area (TPSA) is 113 Å². The highest BCUT2D eigenvalue weighted by Gasteiger charge is 2.35. The number of hydrogen-bond acceptors (Lipinski definition) is 4. The summed E-state index contributed by atoms with van der Waals surface area (Å²) in [7, 11) is 0. The Hall–Kier alpha value is -1.70. The molecule has 0 unspecified atom stereocenters. The molecule has 1 fully saturated rings. The number of nitrogens with two attached hydrogens (primary N) is 1. The molecule has 1 heterocycles. The minimum Gasteiger partial charge on any atom is -0.352 e. The number of nitrogens with zero attached hydrogens (tertiary/aromatic N) is 1. The van der Waals surface area contributed by atoms with E-state index in [1.54, 1.807) is 11.8 Å². The van der Waals surface area contributed by atoms with Crippen molar-refractivity contribution in [3.63, 3.8) is 0 Å². The van der Waals surface area contributed by atoms with Crippen LogP contribution in [0.25, 0.3) is 0 Å². The fourth-order valence-corrected chi connectivity index (χ4v) is 2.71. The summed E-state index contributed by atoms with van der Waals surface area (Å²) in [5.74, 6) is 2.11. The van der Waals surface area contributed by atoms with E-state index in [1.165, 1.54) is 0 Å². The molecule has 5 N–H and O–H groups in total. The molecule has 0 saturated heterocycles. The smallest absolute Gasteiger partial charge is 0.312 e. The molecule has 1 aliphatic rings. The molecule has 3 amide bonds. The van der Waals surface area contributed by atoms with Crippen molar-refractivity contribution in [1.29, 1.82) is 0 Å². The molecule has 0 aliphatic heterocycles. The molecule has 0 spiro atoms. The number of aromatic amines is 1. The SMILES string of the molecule is CSCC[C@H](NC(N)=O)C(=O)Nc1cc([C@@H]2C[C@@H]2C)[nH]n1. The number of amides is 3. The molecule has 3 atom stereocenters. The summed E-state index contributed by atoms with van der Waals surface area (Å²) in [5, 5.41) is 12.2. The standard InChI is InChI=1S/C13H21N5O2S/c1-7-5-8(7)10-6-11(18-17-10)16-12(19)9(3-4-21-2)15-13(14)20/h6-9H,3-5H2,1-2H3,(H3,14,15,20)(H2,16,17,18,19)/t7-,8+,9-/m0/s1. The number of carbonyl (C=O) groups is 2. The van der Waals surface area contributed by atoms with Crippen LogP contribution in [0.1, 0.15) is 31.4 Å². The fraction of sp³-hybridized carbons (Fsp3) is 0.615. The second kappa shape index (κ2) is 6.84. The van der Waals surface area contributed by atoms with Gasteiger partial charge in [-0.15, -0.1) is 0 Å². The zero-order valence-electron chi connectivity index (χ0n) is 12.2. The highest BCUT2D eigenvalue weighted by atomic mass is 32.2. The van der Waals surface area contributed by atoms with Gasteiger partial charge in [-0.3, -0.25) is 9.89 Å². The zero-order chi connectivity index (χ0) is 15.4. The number of anilines is 1. The van der Waals surface area contributed by atoms with E-state index in [1.807, 2.05) is 12.3 Å². The number of primary amides is 1. The van der Waals surface area contributed by atoms with Crippen molar-refractivity contribution in [2.75, 3.05) is 17.3 Å². The number of H-pyrrole nitrogens is 1. The predicted molar refractivity (Wildman–Crippen MR) is 83.2 cm³/mol. The van der Waals surface area contributed by atoms with Gasteiger partial charge in [-0.2, -0.15) is 16.9 Å². The van der Waals surface area contributed by atoms with E-state index < -0.39 is 12.1 Å². The highest BCUT2D eigenvalue weighted by molar-refractivity contribution is 7.98. The number of aromatic nitrogens is 2. The van der Waals surface area contributed by atoms with E-state index in [4.69, 9.17) is 5.73 Å². The van der Waals surface area contributed by atoms with Crippen LogP contribution < -0.4 is 16.4 Å². The van der Waals surface area contributed by atoms with Crippen molar-refractivity contribution in [3.05, 3.63) is 11.8 Å². The van der Waals surface area contributed by atoms with Crippen molar-refractivity contribution in [2.45, 2.75) is 31.7 Å². The lowest BCUT2D eigenvalue weighted by Crippen LogP contribution is -2.46. The summed E-state index contributed by atoms with van der Waals surface area (Å²) in [4.78, 5) is 23.1. The minimum atomic E-state index is -0.703. The highest BCUT2D eigenvalue weighted by Crippen LogP contribution is 2.46. The van der Waals surface area contributed by atoms with Crippen LogP contribution in [0.15, 0.2) is 6.07 Å². The number of nitrogens with one attached hydrogen (secondary N) is 3. The molecule has 116 valence electrons. The Morgan fingerprint density at radius 2 is 2.33 bits per heavy atom. The van der Waals surface area contributed by atoms with Gasteiger partial charge in [-0.25, -0.2) is 4.79 Å². The summed E-state index contributed by atoms with van der Waals surface area (Å²) < 4.78 is 0. The van der Waals surface area contributed by atoms with Crippen LogP contribution >= 0.6 is 11.8 Å². The van der Waals surface area contributed by atoms with Crippen LogP contribution in [-0.2, 0) is 4.79 Å². The second-order valence-electron chi connectivity index (χ2n) is 5.36. The molecule has 7 nitrogen and oxygen atoms in total. The lowest BCUT2D eigenvalue weighted by molar-refractivity contribution is -0.118. The molecule has 0 bridgehead atoms. The zero-order valence-corrected chi connectivity index (χ0v) is 13.0. The number of rotatable bonds is 7. The Morgan fingerprint density at radius 1 is 1.62 bits per heavy atom. The van der Waals surface area contributed by atoms with E-state index in [2.05, 4.69) is 27.8 Å². The average molecular weight is 311 g/mol. The number of thioether (sulfide) groups is 1. The molecular weight excluding hydrogens is 290 g/mol. The van der Waals surface area contributed by atoms with Crippen molar-refractivity contribution in [3.8, 4) is 0 Å². The van der Waals surface area contributed by atoms with Gasteiger partial charge >= 0.3 is 6.03 Å². The first-order valence-corrected chi connectivity index (χ1v) is 8.31. The van der Waals surface area contributed by atoms with Crippen molar-refractivity contribution < 1.29 is 9.59 Å². The number of hydrogen-bond donors (Lipinski definition) is 4. The summed E-state index contributed by atoms with van der Waals surface area (Å²) in [6, 6.07) is 0.503. The first-order valence-electron chi connectivity index (χ1n) is 6.92. The molecule has 1 saturated carbocycles. The van der Waals surface area contributed by atoms with E-state index in [0.717, 1.165) is 17.9 Å². The maximum atomic E-state index is 12.2. The predicted octanol–water partition coefficient (Wildman–Crippen LogP) is 1.26. The summed E-state index contributed by atoms with van der Waals surface area (Å²) >= 11 is 1.60. The van der Waals surface area contributed by atoms with Crippen LogP contribution in [0.2, 0.25) is 0 Å². The largest absolute Gasteiger partial charge is 0.352 e. The molecule has 8 heteroatoms. The first kappa shape index (κ1) is 15.7. The molecule has 0 aromatic carbocycles. The van der Waals surface area contributed by atoms with E-state index >= 15 is 0 Å². The van der Waals surface area contributed by atoms with Crippen LogP contribution in [-0.4, -0.2) is 40.2 Å². The van der Waals surface area contributed by atoms with Crippen LogP contribution in [0.4, 0.5) is 10.6 Å². The second-order valence-corrected chi connectivity index (χ2v) is 6.35. The van der Waals surface area contributed by atoms with Gasteiger partial charge in [0, 0.05) is 17.7 Å². The normalized spacial score (nSPS) is 21.6. The molecule has 21 heavy (non-hydrogen) atoms. The molecule has 1 aliphatic carbocycles. The van der Waals surface area contributed by atoms with Crippen molar-refractivity contribution in [2.24, 2.45) is 11.7 Å². The summed E-state index contributed by atoms with van der Waals surface area (Å²) in [6.07, 6.45) is 3.61. The maximum absolute atomic E-state index is 12.2. The Balaban J connectivity index is 1.93. The Labute approximate surface area is 127 Å². The van der Waals surface area contributed by atoms with Gasteiger partial charge in [0.2, 0.25) is 5.91 Å². The molecular formula is C13H21N5O2S. The average Bonchev–Trinajstić information content (AvgIpc) is 2.97. The van der Waals surface area contributed by atoms with Gasteiger partial charge in [0.25, 0.3) is 0 Å². The van der Waals surface area contributed by atoms with Gasteiger partial charge in [0.15, 0.2) is 5.82 Å². The maximum Gasteiger partial charge on any atom is 0.312 e. The van der Waals surface area contributed by atoms with Gasteiger partial charge in [-0.1, -0.05) is 6.92 Å². The summed E-state index contributed by atoms with van der Waals surface area (Å²) in [5.41, 5.74) is 6.15. The van der Waals surface area contributed by atoms with Gasteiger partial charge < -0.3 is 16.4 Å². The molecule has 0 radical (unpaired) electrons. The first-order chi connectivity index (χ1) is 10.0. The Kier molecular flexibility index (Phi) is 5.11. The number of urea groups is 1. The lowest BCUT2D eigenvalue weighted by Gasteiger charge is -2.15. The monoisotopic (exact) mass is 311 g/mol. The van der Waals surface area contributed by atoms with E-state index in [9.17, 15) is 9.59 Å². The summed E-state index contributed by atoms with van der Waals surface area (Å²) in [6.45, 7) is 2.18. The third kappa shape index (κ3) is 4.38. The van der Waals surface area contributed by atoms with E-state index in [-0.39, 0.29) is 5.91 Å². The van der Waals surface area contributed by atoms with Crippen molar-refractivity contribution in [1.82, 2.24) is 15.5 Å².